The molecular formula is C13H17ClN2OS. The molecule has 98 valence electrons. The van der Waals surface area contributed by atoms with E-state index in [4.69, 9.17) is 11.6 Å². The molecule has 0 spiro atoms. The summed E-state index contributed by atoms with van der Waals surface area (Å²) >= 11 is 7.20. The number of nitrogens with zero attached hydrogens (tertiary/aromatic N) is 1. The summed E-state index contributed by atoms with van der Waals surface area (Å²) in [4.78, 5) is 15.3. The molecule has 3 saturated heterocycles. The fourth-order valence-corrected chi connectivity index (χ4v) is 4.08. The van der Waals surface area contributed by atoms with Crippen LogP contribution in [0.4, 0.5) is 0 Å². The number of nitrogens with one attached hydrogen (secondary N) is 1. The van der Waals surface area contributed by atoms with Gasteiger partial charge < -0.3 is 5.32 Å². The SMILES string of the molecule is CC1CC2CCN1C[C@@H]2NC(=O)c1ccc(Cl)s1. The Labute approximate surface area is 116 Å². The molecular weight excluding hydrogens is 268 g/mol. The van der Waals surface area contributed by atoms with Gasteiger partial charge in [0.15, 0.2) is 0 Å². The number of piperidine rings is 3. The van der Waals surface area contributed by atoms with Crippen LogP contribution in [0.3, 0.4) is 0 Å². The van der Waals surface area contributed by atoms with Crippen LogP contribution < -0.4 is 5.32 Å². The summed E-state index contributed by atoms with van der Waals surface area (Å²) in [5, 5.41) is 3.17. The molecule has 18 heavy (non-hydrogen) atoms. The molecule has 1 aromatic rings. The first kappa shape index (κ1) is 12.5. The minimum atomic E-state index is 0.0262. The van der Waals surface area contributed by atoms with Crippen molar-refractivity contribution >= 4 is 28.8 Å². The third kappa shape index (κ3) is 2.29. The quantitative estimate of drug-likeness (QED) is 0.905. The van der Waals surface area contributed by atoms with E-state index in [9.17, 15) is 4.79 Å². The van der Waals surface area contributed by atoms with Crippen molar-refractivity contribution in [2.75, 3.05) is 13.1 Å². The zero-order valence-electron chi connectivity index (χ0n) is 10.4. The first-order valence-corrected chi connectivity index (χ1v) is 7.63. The van der Waals surface area contributed by atoms with E-state index in [1.165, 1.54) is 30.7 Å². The zero-order chi connectivity index (χ0) is 12.7. The second kappa shape index (κ2) is 4.83. The third-order valence-corrected chi connectivity index (χ3v) is 5.40. The summed E-state index contributed by atoms with van der Waals surface area (Å²) in [6.45, 7) is 4.46. The molecule has 3 fully saturated rings. The Hall–Kier alpha value is -0.580. The number of amides is 1. The van der Waals surface area contributed by atoms with Gasteiger partial charge in [-0.25, -0.2) is 0 Å². The van der Waals surface area contributed by atoms with E-state index in [0.717, 1.165) is 6.54 Å². The first-order valence-electron chi connectivity index (χ1n) is 6.44. The van der Waals surface area contributed by atoms with Gasteiger partial charge in [-0.2, -0.15) is 0 Å². The Balaban J connectivity index is 1.65. The monoisotopic (exact) mass is 284 g/mol. The number of carbonyl (C=O) groups is 1. The second-order valence-electron chi connectivity index (χ2n) is 5.31. The highest BCUT2D eigenvalue weighted by Gasteiger charge is 2.38. The fraction of sp³-hybridized carbons (Fsp3) is 0.615. The van der Waals surface area contributed by atoms with Crippen LogP contribution in [0, 0.1) is 5.92 Å². The number of hydrogen-bond donors (Lipinski definition) is 1. The van der Waals surface area contributed by atoms with E-state index >= 15 is 0 Å². The van der Waals surface area contributed by atoms with Gasteiger partial charge in [0.2, 0.25) is 0 Å². The Morgan fingerprint density at radius 3 is 2.94 bits per heavy atom. The molecule has 3 aliphatic rings. The predicted octanol–water partition coefficient (Wildman–Crippen LogP) is 2.61. The van der Waals surface area contributed by atoms with Crippen LogP contribution in [0.2, 0.25) is 4.34 Å². The summed E-state index contributed by atoms with van der Waals surface area (Å²) < 4.78 is 0.669. The minimum absolute atomic E-state index is 0.0262. The smallest absolute Gasteiger partial charge is 0.261 e. The van der Waals surface area contributed by atoms with E-state index in [0.29, 0.717) is 27.2 Å². The lowest BCUT2D eigenvalue weighted by atomic mass is 9.80. The van der Waals surface area contributed by atoms with Crippen LogP contribution in [-0.4, -0.2) is 36.0 Å². The fourth-order valence-electron chi connectivity index (χ4n) is 3.13. The highest BCUT2D eigenvalue weighted by Crippen LogP contribution is 2.32. The molecule has 4 rings (SSSR count). The molecule has 0 aliphatic carbocycles. The molecule has 5 heteroatoms. The molecule has 0 radical (unpaired) electrons. The average Bonchev–Trinajstić information content (AvgIpc) is 2.77. The third-order valence-electron chi connectivity index (χ3n) is 4.17. The molecule has 3 aliphatic heterocycles. The van der Waals surface area contributed by atoms with Crippen LogP contribution >= 0.6 is 22.9 Å². The van der Waals surface area contributed by atoms with Crippen molar-refractivity contribution in [3.63, 3.8) is 0 Å². The summed E-state index contributed by atoms with van der Waals surface area (Å²) in [6.07, 6.45) is 2.41. The standard InChI is InChI=1S/C13H17ClN2OS/c1-8-6-9-4-5-16(8)7-10(9)15-13(17)11-2-3-12(14)18-11/h2-3,8-10H,4-7H2,1H3,(H,15,17)/t8?,9?,10-/m0/s1. The van der Waals surface area contributed by atoms with Crippen molar-refractivity contribution in [3.05, 3.63) is 21.3 Å². The summed E-state index contributed by atoms with van der Waals surface area (Å²) in [7, 11) is 0. The van der Waals surface area contributed by atoms with Gasteiger partial charge in [0.25, 0.3) is 5.91 Å². The van der Waals surface area contributed by atoms with Gasteiger partial charge in [0.1, 0.15) is 0 Å². The van der Waals surface area contributed by atoms with E-state index in [1.807, 2.05) is 0 Å². The molecule has 0 aromatic carbocycles. The van der Waals surface area contributed by atoms with Crippen molar-refractivity contribution < 1.29 is 4.79 Å². The highest BCUT2D eigenvalue weighted by atomic mass is 35.5. The van der Waals surface area contributed by atoms with Crippen molar-refractivity contribution in [2.45, 2.75) is 31.8 Å². The number of carbonyl (C=O) groups excluding carboxylic acids is 1. The molecule has 1 aromatic heterocycles. The van der Waals surface area contributed by atoms with E-state index in [2.05, 4.69) is 17.1 Å². The maximum atomic E-state index is 12.1. The normalized spacial score (nSPS) is 34.6. The Morgan fingerprint density at radius 2 is 2.39 bits per heavy atom. The zero-order valence-corrected chi connectivity index (χ0v) is 11.9. The predicted molar refractivity (Wildman–Crippen MR) is 74.3 cm³/mol. The number of rotatable bonds is 2. The molecule has 3 nitrogen and oxygen atoms in total. The highest BCUT2D eigenvalue weighted by molar-refractivity contribution is 7.17. The number of fused-ring (bicyclic) bond motifs is 3. The van der Waals surface area contributed by atoms with Crippen LogP contribution in [0.15, 0.2) is 12.1 Å². The van der Waals surface area contributed by atoms with Crippen LogP contribution in [0.5, 0.6) is 0 Å². The summed E-state index contributed by atoms with van der Waals surface area (Å²) in [6, 6.07) is 4.56. The van der Waals surface area contributed by atoms with Crippen LogP contribution in [0.1, 0.15) is 29.4 Å². The largest absolute Gasteiger partial charge is 0.347 e. The average molecular weight is 285 g/mol. The number of halogens is 1. The molecule has 3 unspecified atom stereocenters. The Kier molecular flexibility index (Phi) is 3.34. The molecule has 2 bridgehead atoms. The van der Waals surface area contributed by atoms with E-state index in [-0.39, 0.29) is 5.91 Å². The maximum absolute atomic E-state index is 12.1. The Bertz CT molecular complexity index is 462. The summed E-state index contributed by atoms with van der Waals surface area (Å²) in [5.74, 6) is 0.669. The van der Waals surface area contributed by atoms with Gasteiger partial charge in [0, 0.05) is 18.6 Å². The van der Waals surface area contributed by atoms with Gasteiger partial charge in [-0.05, 0) is 44.4 Å². The van der Waals surface area contributed by atoms with E-state index < -0.39 is 0 Å². The molecule has 1 amide bonds. The minimum Gasteiger partial charge on any atom is -0.347 e. The van der Waals surface area contributed by atoms with Gasteiger partial charge in [-0.15, -0.1) is 11.3 Å². The van der Waals surface area contributed by atoms with Gasteiger partial charge >= 0.3 is 0 Å². The van der Waals surface area contributed by atoms with E-state index in [1.54, 1.807) is 12.1 Å². The molecule has 0 saturated carbocycles. The van der Waals surface area contributed by atoms with Crippen molar-refractivity contribution in [1.82, 2.24) is 10.2 Å². The summed E-state index contributed by atoms with van der Waals surface area (Å²) in [5.41, 5.74) is 0. The molecule has 1 N–H and O–H groups in total. The molecule has 4 heterocycles. The topological polar surface area (TPSA) is 32.3 Å². The Morgan fingerprint density at radius 1 is 1.56 bits per heavy atom. The number of thiophene rings is 1. The van der Waals surface area contributed by atoms with Gasteiger partial charge in [-0.3, -0.25) is 9.69 Å². The molecule has 4 atom stereocenters. The number of hydrogen-bond acceptors (Lipinski definition) is 3. The van der Waals surface area contributed by atoms with Gasteiger partial charge in [0.05, 0.1) is 9.21 Å². The second-order valence-corrected chi connectivity index (χ2v) is 7.03. The maximum Gasteiger partial charge on any atom is 0.261 e. The van der Waals surface area contributed by atoms with Crippen molar-refractivity contribution in [2.24, 2.45) is 5.92 Å². The lowest BCUT2D eigenvalue weighted by Gasteiger charge is -2.48. The lowest BCUT2D eigenvalue weighted by molar-refractivity contribution is 0.0275. The van der Waals surface area contributed by atoms with Crippen molar-refractivity contribution in [3.8, 4) is 0 Å². The van der Waals surface area contributed by atoms with Crippen LogP contribution in [0.25, 0.3) is 0 Å². The van der Waals surface area contributed by atoms with Gasteiger partial charge in [-0.1, -0.05) is 11.6 Å². The first-order chi connectivity index (χ1) is 8.63. The van der Waals surface area contributed by atoms with Crippen LogP contribution in [-0.2, 0) is 0 Å². The van der Waals surface area contributed by atoms with Crippen molar-refractivity contribution in [1.29, 1.82) is 0 Å². The lowest BCUT2D eigenvalue weighted by Crippen LogP contribution is -2.60.